The Balaban J connectivity index is 1.67. The molecule has 0 saturated heterocycles. The molecule has 1 N–H and O–H groups in total. The van der Waals surface area contributed by atoms with Gasteiger partial charge in [-0.05, 0) is 37.0 Å². The number of rotatable bonds is 3. The van der Waals surface area contributed by atoms with Crippen molar-refractivity contribution in [2.75, 3.05) is 5.32 Å². The third-order valence-corrected chi connectivity index (χ3v) is 4.15. The van der Waals surface area contributed by atoms with Gasteiger partial charge in [-0.15, -0.1) is 0 Å². The molecule has 0 aliphatic heterocycles. The molecular weight excluding hydrogens is 318 g/mol. The van der Waals surface area contributed by atoms with Crippen molar-refractivity contribution in [1.29, 1.82) is 0 Å². The van der Waals surface area contributed by atoms with Crippen LogP contribution < -0.4 is 5.32 Å². The molecule has 1 aliphatic rings. The van der Waals surface area contributed by atoms with Gasteiger partial charge in [0.1, 0.15) is 5.82 Å². The van der Waals surface area contributed by atoms with Gasteiger partial charge in [0.25, 0.3) is 0 Å². The molecule has 2 aromatic rings. The molecule has 3 rings (SSSR count). The van der Waals surface area contributed by atoms with Crippen LogP contribution >= 0.6 is 15.9 Å². The Morgan fingerprint density at radius 2 is 2.25 bits per heavy atom. The van der Waals surface area contributed by atoms with Gasteiger partial charge in [0, 0.05) is 23.5 Å². The normalized spacial score (nSPS) is 20.8. The maximum absolute atomic E-state index is 12.2. The van der Waals surface area contributed by atoms with E-state index in [-0.39, 0.29) is 11.8 Å². The summed E-state index contributed by atoms with van der Waals surface area (Å²) < 4.78 is 2.76. The summed E-state index contributed by atoms with van der Waals surface area (Å²) in [4.78, 5) is 12.2. The fraction of sp³-hybridized carbons (Fsp3) is 0.333. The lowest BCUT2D eigenvalue weighted by atomic mass is 10.1. The number of hydrogen-bond donors (Lipinski definition) is 1. The lowest BCUT2D eigenvalue weighted by Crippen LogP contribution is -2.16. The number of halogens is 1. The highest BCUT2D eigenvalue weighted by Crippen LogP contribution is 2.48. The molecule has 1 fully saturated rings. The summed E-state index contributed by atoms with van der Waals surface area (Å²) in [6, 6.07) is 10.1. The number of nitrogens with one attached hydrogen (secondary N) is 1. The van der Waals surface area contributed by atoms with Crippen LogP contribution in [0, 0.1) is 12.8 Å². The first-order chi connectivity index (χ1) is 9.54. The monoisotopic (exact) mass is 333 g/mol. The van der Waals surface area contributed by atoms with Crippen LogP contribution in [0.5, 0.6) is 0 Å². The van der Waals surface area contributed by atoms with Crippen molar-refractivity contribution in [3.63, 3.8) is 0 Å². The van der Waals surface area contributed by atoms with E-state index in [9.17, 15) is 4.79 Å². The van der Waals surface area contributed by atoms with E-state index < -0.39 is 0 Å². The van der Waals surface area contributed by atoms with Crippen LogP contribution in [0.25, 0.3) is 0 Å². The van der Waals surface area contributed by atoms with Gasteiger partial charge in [-0.25, -0.2) is 0 Å². The van der Waals surface area contributed by atoms with Crippen LogP contribution in [-0.2, 0) is 11.8 Å². The van der Waals surface area contributed by atoms with Gasteiger partial charge in [0.2, 0.25) is 5.91 Å². The van der Waals surface area contributed by atoms with Gasteiger partial charge in [-0.1, -0.05) is 28.1 Å². The zero-order valence-corrected chi connectivity index (χ0v) is 13.0. The minimum atomic E-state index is 0.0690. The Labute approximate surface area is 126 Å². The summed E-state index contributed by atoms with van der Waals surface area (Å²) >= 11 is 3.47. The summed E-state index contributed by atoms with van der Waals surface area (Å²) in [5.74, 6) is 1.24. The number of anilines is 1. The highest BCUT2D eigenvalue weighted by Gasteiger charge is 2.44. The van der Waals surface area contributed by atoms with Crippen molar-refractivity contribution in [2.24, 2.45) is 13.0 Å². The number of nitrogens with zero attached hydrogens (tertiary/aromatic N) is 2. The maximum Gasteiger partial charge on any atom is 0.229 e. The number of carbonyl (C=O) groups is 1. The summed E-state index contributed by atoms with van der Waals surface area (Å²) in [7, 11) is 1.83. The molecule has 0 unspecified atom stereocenters. The second kappa shape index (κ2) is 5.05. The molecule has 20 heavy (non-hydrogen) atoms. The van der Waals surface area contributed by atoms with E-state index in [1.165, 1.54) is 5.56 Å². The van der Waals surface area contributed by atoms with Crippen molar-refractivity contribution in [3.8, 4) is 0 Å². The Morgan fingerprint density at radius 3 is 2.90 bits per heavy atom. The molecular formula is C15H16BrN3O. The molecule has 2 atom stereocenters. The molecule has 1 aromatic carbocycles. The number of aryl methyl sites for hydroxylation is 2. The summed E-state index contributed by atoms with van der Waals surface area (Å²) in [6.07, 6.45) is 0.916. The molecule has 1 aromatic heterocycles. The van der Waals surface area contributed by atoms with E-state index >= 15 is 0 Å². The first-order valence-corrected chi connectivity index (χ1v) is 7.41. The van der Waals surface area contributed by atoms with E-state index in [1.54, 1.807) is 4.68 Å². The highest BCUT2D eigenvalue weighted by molar-refractivity contribution is 9.10. The average molecular weight is 334 g/mol. The zero-order valence-electron chi connectivity index (χ0n) is 11.4. The molecule has 1 saturated carbocycles. The maximum atomic E-state index is 12.2. The van der Waals surface area contributed by atoms with Gasteiger partial charge in [0.15, 0.2) is 0 Å². The molecule has 5 heteroatoms. The molecule has 0 radical (unpaired) electrons. The Bertz CT molecular complexity index is 665. The van der Waals surface area contributed by atoms with Crippen LogP contribution in [0.1, 0.15) is 23.6 Å². The third-order valence-electron chi connectivity index (χ3n) is 3.66. The molecule has 0 bridgehead atoms. The predicted octanol–water partition coefficient (Wildman–Crippen LogP) is 3.23. The zero-order chi connectivity index (χ0) is 14.3. The molecule has 1 heterocycles. The molecule has 1 amide bonds. The summed E-state index contributed by atoms with van der Waals surface area (Å²) in [6.45, 7) is 1.91. The van der Waals surface area contributed by atoms with Crippen LogP contribution in [0.4, 0.5) is 5.82 Å². The Morgan fingerprint density at radius 1 is 1.45 bits per heavy atom. The van der Waals surface area contributed by atoms with E-state index in [0.717, 1.165) is 22.4 Å². The van der Waals surface area contributed by atoms with Crippen molar-refractivity contribution in [1.82, 2.24) is 9.78 Å². The number of aromatic nitrogens is 2. The van der Waals surface area contributed by atoms with E-state index in [0.29, 0.717) is 5.92 Å². The number of amides is 1. The van der Waals surface area contributed by atoms with Crippen molar-refractivity contribution >= 4 is 27.7 Å². The Kier molecular flexibility index (Phi) is 3.38. The predicted molar refractivity (Wildman–Crippen MR) is 81.6 cm³/mol. The summed E-state index contributed by atoms with van der Waals surface area (Å²) in [5.41, 5.74) is 2.13. The molecule has 0 spiro atoms. The standard InChI is InChI=1S/C15H16BrN3O/c1-9-6-14(19(2)18-9)17-15(20)13-8-12(13)10-4-3-5-11(16)7-10/h3-7,12-13H,8H2,1-2H3,(H,17,20)/t12-,13+/m0/s1. The molecule has 1 aliphatic carbocycles. The van der Waals surface area contributed by atoms with Gasteiger partial charge in [-0.2, -0.15) is 5.10 Å². The first kappa shape index (κ1) is 13.4. The summed E-state index contributed by atoms with van der Waals surface area (Å²) in [5, 5.41) is 7.19. The van der Waals surface area contributed by atoms with E-state index in [1.807, 2.05) is 32.2 Å². The SMILES string of the molecule is Cc1cc(NC(=O)[C@@H]2C[C@H]2c2cccc(Br)c2)n(C)n1. The van der Waals surface area contributed by atoms with Crippen molar-refractivity contribution in [3.05, 3.63) is 46.1 Å². The largest absolute Gasteiger partial charge is 0.311 e. The van der Waals surface area contributed by atoms with Crippen LogP contribution in [0.3, 0.4) is 0 Å². The fourth-order valence-corrected chi connectivity index (χ4v) is 2.95. The average Bonchev–Trinajstić information content (AvgIpc) is 3.12. The highest BCUT2D eigenvalue weighted by atomic mass is 79.9. The smallest absolute Gasteiger partial charge is 0.229 e. The first-order valence-electron chi connectivity index (χ1n) is 6.61. The minimum absolute atomic E-state index is 0.0690. The third kappa shape index (κ3) is 2.63. The lowest BCUT2D eigenvalue weighted by molar-refractivity contribution is -0.117. The fourth-order valence-electron chi connectivity index (χ4n) is 2.54. The van der Waals surface area contributed by atoms with Crippen molar-refractivity contribution in [2.45, 2.75) is 19.3 Å². The van der Waals surface area contributed by atoms with Crippen LogP contribution in [0.2, 0.25) is 0 Å². The van der Waals surface area contributed by atoms with Crippen LogP contribution in [-0.4, -0.2) is 15.7 Å². The topological polar surface area (TPSA) is 46.9 Å². The van der Waals surface area contributed by atoms with Crippen molar-refractivity contribution < 1.29 is 4.79 Å². The second-order valence-corrected chi connectivity index (χ2v) is 6.20. The number of hydrogen-bond acceptors (Lipinski definition) is 2. The van der Waals surface area contributed by atoms with Gasteiger partial charge < -0.3 is 5.32 Å². The number of carbonyl (C=O) groups excluding carboxylic acids is 1. The molecule has 4 nitrogen and oxygen atoms in total. The quantitative estimate of drug-likeness (QED) is 0.937. The lowest BCUT2D eigenvalue weighted by Gasteiger charge is -2.05. The Hall–Kier alpha value is -1.62. The minimum Gasteiger partial charge on any atom is -0.311 e. The van der Waals surface area contributed by atoms with E-state index in [2.05, 4.69) is 38.5 Å². The second-order valence-electron chi connectivity index (χ2n) is 5.29. The van der Waals surface area contributed by atoms with Gasteiger partial charge in [-0.3, -0.25) is 9.48 Å². The van der Waals surface area contributed by atoms with Crippen LogP contribution in [0.15, 0.2) is 34.8 Å². The van der Waals surface area contributed by atoms with Gasteiger partial charge >= 0.3 is 0 Å². The van der Waals surface area contributed by atoms with E-state index in [4.69, 9.17) is 0 Å². The molecule has 104 valence electrons. The number of benzene rings is 1. The van der Waals surface area contributed by atoms with Gasteiger partial charge in [0.05, 0.1) is 5.69 Å².